The van der Waals surface area contributed by atoms with Crippen molar-refractivity contribution in [3.05, 3.63) is 98.9 Å². The molecule has 0 unspecified atom stereocenters. The van der Waals surface area contributed by atoms with Crippen LogP contribution in [0.1, 0.15) is 33.2 Å². The van der Waals surface area contributed by atoms with Gasteiger partial charge < -0.3 is 15.5 Å². The Kier molecular flexibility index (Phi) is 4.83. The normalized spacial score (nSPS) is 15.4. The molecule has 160 valence electrons. The summed E-state index contributed by atoms with van der Waals surface area (Å²) in [6.45, 7) is 3.87. The van der Waals surface area contributed by atoms with Crippen molar-refractivity contribution in [2.75, 3.05) is 5.32 Å². The first-order chi connectivity index (χ1) is 15.5. The second kappa shape index (κ2) is 7.69. The van der Waals surface area contributed by atoms with Gasteiger partial charge in [-0.15, -0.1) is 11.3 Å². The third-order valence-electron chi connectivity index (χ3n) is 5.75. The summed E-state index contributed by atoms with van der Waals surface area (Å²) in [6, 6.07) is 18.2. The number of nitrogens with zero attached hydrogens (tertiary/aromatic N) is 2. The standard InChI is InChI=1S/C25H21N3O3S/c1-14-12-13-32-23(14)20-19-15(2)27-28(16-8-4-3-5-9-16)24(19)26-22(21(20)25(30)31)17-10-6-7-11-18(17)29/h3-13,20,26,29H,1-2H3,(H,30,31)/p-1/t20-/m0/s1. The van der Waals surface area contributed by atoms with Crippen molar-refractivity contribution in [1.82, 2.24) is 9.78 Å². The molecule has 4 aromatic rings. The van der Waals surface area contributed by atoms with Crippen LogP contribution in [0.15, 0.2) is 71.6 Å². The third-order valence-corrected chi connectivity index (χ3v) is 6.83. The third kappa shape index (κ3) is 3.09. The number of carbonyl (C=O) groups is 1. The molecule has 0 radical (unpaired) electrons. The smallest absolute Gasteiger partial charge is 0.334 e. The van der Waals surface area contributed by atoms with Crippen molar-refractivity contribution in [1.29, 1.82) is 0 Å². The molecule has 2 aromatic heterocycles. The van der Waals surface area contributed by atoms with Crippen LogP contribution in [0.5, 0.6) is 5.75 Å². The number of hydrogen-bond acceptors (Lipinski definition) is 5. The second-order valence-corrected chi connectivity index (χ2v) is 8.66. The molecular formula is C25H20N3O3S-. The molecule has 32 heavy (non-hydrogen) atoms. The van der Waals surface area contributed by atoms with Gasteiger partial charge in [0.2, 0.25) is 0 Å². The lowest BCUT2D eigenvalue weighted by molar-refractivity contribution is -0.268. The van der Waals surface area contributed by atoms with Crippen molar-refractivity contribution in [2.24, 2.45) is 0 Å². The number of hydrogen-bond donors (Lipinski definition) is 2. The Morgan fingerprint density at radius 2 is 1.81 bits per heavy atom. The average Bonchev–Trinajstić information content (AvgIpc) is 3.36. The summed E-state index contributed by atoms with van der Waals surface area (Å²) in [6.07, 6.45) is 0. The highest BCUT2D eigenvalue weighted by Gasteiger charge is 2.39. The van der Waals surface area contributed by atoms with Gasteiger partial charge in [-0.1, -0.05) is 48.2 Å². The minimum absolute atomic E-state index is 0.155. The molecule has 3 heterocycles. The SMILES string of the molecule is Cc1ccsc1[C@@H]1C(C(=O)O)=C(c2ccccc2[O-])Nc2c1c(C)nn2-c1ccccc1. The molecule has 1 aliphatic heterocycles. The molecule has 0 bridgehead atoms. The summed E-state index contributed by atoms with van der Waals surface area (Å²) in [5.74, 6) is -1.17. The van der Waals surface area contributed by atoms with Crippen molar-refractivity contribution in [2.45, 2.75) is 19.8 Å². The number of aryl methyl sites for hydroxylation is 2. The van der Waals surface area contributed by atoms with Crippen molar-refractivity contribution in [3.8, 4) is 11.4 Å². The molecule has 0 spiro atoms. The molecular weight excluding hydrogens is 422 g/mol. The van der Waals surface area contributed by atoms with Gasteiger partial charge in [-0.05, 0) is 48.6 Å². The Balaban J connectivity index is 1.85. The van der Waals surface area contributed by atoms with E-state index in [0.717, 1.165) is 27.4 Å². The maximum atomic E-state index is 12.7. The van der Waals surface area contributed by atoms with Crippen LogP contribution >= 0.6 is 11.3 Å². The number of carboxylic acid groups (broad SMARTS) is 1. The summed E-state index contributed by atoms with van der Waals surface area (Å²) >= 11 is 1.52. The van der Waals surface area contributed by atoms with Crippen molar-refractivity contribution >= 4 is 28.8 Å². The van der Waals surface area contributed by atoms with Crippen LogP contribution in [-0.2, 0) is 4.79 Å². The number of benzene rings is 2. The largest absolute Gasteiger partial charge is 0.872 e. The van der Waals surface area contributed by atoms with E-state index < -0.39 is 11.9 Å². The van der Waals surface area contributed by atoms with E-state index in [0.29, 0.717) is 17.1 Å². The first-order valence-corrected chi connectivity index (χ1v) is 11.0. The van der Waals surface area contributed by atoms with Gasteiger partial charge in [0.15, 0.2) is 0 Å². The maximum Gasteiger partial charge on any atom is 0.334 e. The Morgan fingerprint density at radius 3 is 2.47 bits per heavy atom. The molecule has 0 saturated carbocycles. The van der Waals surface area contributed by atoms with Crippen LogP contribution < -0.4 is 10.4 Å². The summed E-state index contributed by atoms with van der Waals surface area (Å²) in [5, 5.41) is 33.1. The molecule has 2 N–H and O–H groups in total. The van der Waals surface area contributed by atoms with Gasteiger partial charge in [-0.2, -0.15) is 5.10 Å². The van der Waals surface area contributed by atoms with E-state index in [-0.39, 0.29) is 11.3 Å². The number of carboxylic acids is 1. The van der Waals surface area contributed by atoms with E-state index in [1.54, 1.807) is 22.9 Å². The summed E-state index contributed by atoms with van der Waals surface area (Å²) < 4.78 is 1.78. The van der Waals surface area contributed by atoms with Crippen LogP contribution in [0.25, 0.3) is 11.4 Å². The van der Waals surface area contributed by atoms with Gasteiger partial charge in [0, 0.05) is 10.4 Å². The predicted molar refractivity (Wildman–Crippen MR) is 123 cm³/mol. The fraction of sp³-hybridized carbons (Fsp3) is 0.120. The molecule has 7 heteroatoms. The van der Waals surface area contributed by atoms with Gasteiger partial charge in [0.1, 0.15) is 5.82 Å². The van der Waals surface area contributed by atoms with Gasteiger partial charge >= 0.3 is 5.97 Å². The first-order valence-electron chi connectivity index (χ1n) is 10.2. The van der Waals surface area contributed by atoms with Gasteiger partial charge in [-0.3, -0.25) is 0 Å². The number of anilines is 1. The fourth-order valence-electron chi connectivity index (χ4n) is 4.29. The Labute approximate surface area is 189 Å². The molecule has 1 atom stereocenters. The maximum absolute atomic E-state index is 12.7. The van der Waals surface area contributed by atoms with Crippen LogP contribution in [0.2, 0.25) is 0 Å². The highest BCUT2D eigenvalue weighted by atomic mass is 32.1. The molecule has 0 fully saturated rings. The monoisotopic (exact) mass is 442 g/mol. The molecule has 5 rings (SSSR count). The van der Waals surface area contributed by atoms with Crippen molar-refractivity contribution in [3.63, 3.8) is 0 Å². The van der Waals surface area contributed by atoms with Crippen LogP contribution in [-0.4, -0.2) is 20.9 Å². The minimum Gasteiger partial charge on any atom is -0.872 e. The lowest BCUT2D eigenvalue weighted by Crippen LogP contribution is -2.24. The average molecular weight is 443 g/mol. The molecule has 0 amide bonds. The lowest BCUT2D eigenvalue weighted by Gasteiger charge is -2.30. The highest BCUT2D eigenvalue weighted by molar-refractivity contribution is 7.10. The first kappa shape index (κ1) is 20.1. The Hall–Kier alpha value is -3.84. The quantitative estimate of drug-likeness (QED) is 0.479. The summed E-state index contributed by atoms with van der Waals surface area (Å²) in [4.78, 5) is 13.6. The van der Waals surface area contributed by atoms with Gasteiger partial charge in [0.25, 0.3) is 0 Å². The lowest BCUT2D eigenvalue weighted by atomic mass is 9.82. The summed E-state index contributed by atoms with van der Waals surface area (Å²) in [5.41, 5.74) is 4.19. The highest BCUT2D eigenvalue weighted by Crippen LogP contribution is 2.49. The van der Waals surface area contributed by atoms with E-state index in [2.05, 4.69) is 5.32 Å². The van der Waals surface area contributed by atoms with Crippen LogP contribution in [0, 0.1) is 13.8 Å². The van der Waals surface area contributed by atoms with Crippen molar-refractivity contribution < 1.29 is 15.0 Å². The van der Waals surface area contributed by atoms with Crippen LogP contribution in [0.3, 0.4) is 0 Å². The molecule has 0 saturated heterocycles. The number of aromatic nitrogens is 2. The van der Waals surface area contributed by atoms with E-state index in [1.165, 1.54) is 17.4 Å². The number of fused-ring (bicyclic) bond motifs is 1. The number of rotatable bonds is 4. The molecule has 1 aliphatic rings. The van der Waals surface area contributed by atoms with E-state index in [4.69, 9.17) is 5.10 Å². The molecule has 2 aromatic carbocycles. The number of thiophene rings is 1. The fourth-order valence-corrected chi connectivity index (χ4v) is 5.34. The topological polar surface area (TPSA) is 90.2 Å². The number of aliphatic carboxylic acids is 1. The Bertz CT molecular complexity index is 1370. The number of para-hydroxylation sites is 2. The number of nitrogens with one attached hydrogen (secondary N) is 1. The van der Waals surface area contributed by atoms with E-state index in [1.807, 2.05) is 55.6 Å². The molecule has 0 aliphatic carbocycles. The van der Waals surface area contributed by atoms with Gasteiger partial charge in [-0.25, -0.2) is 9.48 Å². The van der Waals surface area contributed by atoms with E-state index >= 15 is 0 Å². The van der Waals surface area contributed by atoms with Crippen LogP contribution in [0.4, 0.5) is 5.82 Å². The van der Waals surface area contributed by atoms with E-state index in [9.17, 15) is 15.0 Å². The zero-order chi connectivity index (χ0) is 22.4. The Morgan fingerprint density at radius 1 is 1.09 bits per heavy atom. The minimum atomic E-state index is -1.06. The zero-order valence-corrected chi connectivity index (χ0v) is 18.3. The second-order valence-electron chi connectivity index (χ2n) is 7.71. The predicted octanol–water partition coefficient (Wildman–Crippen LogP) is 4.68. The van der Waals surface area contributed by atoms with Gasteiger partial charge in [0.05, 0.1) is 28.6 Å². The summed E-state index contributed by atoms with van der Waals surface area (Å²) in [7, 11) is 0. The zero-order valence-electron chi connectivity index (χ0n) is 17.5. The molecule has 6 nitrogen and oxygen atoms in total.